The molecule has 0 aromatic rings. The Hall–Kier alpha value is 0.620. The molecule has 0 amide bonds. The second-order valence-corrected chi connectivity index (χ2v) is 30.5. The Labute approximate surface area is 381 Å². The highest BCUT2D eigenvalue weighted by Gasteiger charge is 2.61. The third kappa shape index (κ3) is 10.2. The lowest BCUT2D eigenvalue weighted by atomic mass is 9.51. The molecule has 4 aliphatic carbocycles. The van der Waals surface area contributed by atoms with E-state index in [4.69, 9.17) is 18.1 Å². The average Bonchev–Trinajstić information content (AvgIpc) is 3.42. The molecule has 4 saturated carbocycles. The van der Waals surface area contributed by atoms with E-state index in [9.17, 15) is 0 Å². The van der Waals surface area contributed by atoms with Gasteiger partial charge < -0.3 is 18.1 Å². The number of hydrogen-bond acceptors (Lipinski definition) is 6. The Kier molecular flexibility index (Phi) is 15.6. The van der Waals surface area contributed by atoms with Crippen molar-refractivity contribution in [1.29, 1.82) is 0 Å². The zero-order chi connectivity index (χ0) is 45.6. The molecule has 22 atom stereocenters. The lowest BCUT2D eigenvalue weighted by molar-refractivity contribution is -0.123. The minimum absolute atomic E-state index is 0.172. The van der Waals surface area contributed by atoms with E-state index in [1.807, 2.05) is 0 Å². The van der Waals surface area contributed by atoms with Crippen molar-refractivity contribution in [2.45, 2.75) is 195 Å². The maximum atomic E-state index is 7.61. The van der Waals surface area contributed by atoms with Crippen molar-refractivity contribution in [3.05, 3.63) is 0 Å². The molecule has 61 heavy (non-hydrogen) atoms. The minimum Gasteiger partial charge on any atom is -0.318 e. The first-order valence-corrected chi connectivity index (χ1v) is 27.9. The summed E-state index contributed by atoms with van der Waals surface area (Å²) in [5.74, 6) is 9.29. The van der Waals surface area contributed by atoms with E-state index in [1.165, 1.54) is 25.7 Å². The normalized spacial score (nSPS) is 47.8. The summed E-state index contributed by atoms with van der Waals surface area (Å²) in [6, 6.07) is 0. The molecule has 0 aromatic heterocycles. The van der Waals surface area contributed by atoms with E-state index in [0.29, 0.717) is 94.7 Å². The predicted octanol–water partition coefficient (Wildman–Crippen LogP) is 15.1. The van der Waals surface area contributed by atoms with E-state index in [2.05, 4.69) is 162 Å². The van der Waals surface area contributed by atoms with Crippen molar-refractivity contribution in [3.63, 3.8) is 0 Å². The van der Waals surface area contributed by atoms with Gasteiger partial charge in [-0.1, -0.05) is 138 Å². The van der Waals surface area contributed by atoms with Crippen molar-refractivity contribution in [2.24, 2.45) is 116 Å². The maximum Gasteiger partial charge on any atom is 0.259 e. The fraction of sp³-hybridized carbons (Fsp3) is 1.00. The summed E-state index contributed by atoms with van der Waals surface area (Å²) in [7, 11) is 2.15. The molecule has 6 rings (SSSR count). The SMILES string of the molecule is CC1C[C@@H](C(C)(C)C)C2OP(N(C)CCCN(C)P3OC4C(C5C(C)C(C)C[C@@H](C(C)(C)C)C5O3)[C@H](C)[C@H](C)CC4C(C)(C)C)OC3C(C2C1C)[C@H](C)[C@H](C)CC3C(C)(C)C. The van der Waals surface area contributed by atoms with Gasteiger partial charge in [0.1, 0.15) is 0 Å². The Bertz CT molecular complexity index is 1250. The Morgan fingerprint density at radius 2 is 0.574 bits per heavy atom. The van der Waals surface area contributed by atoms with Gasteiger partial charge in [0.25, 0.3) is 17.1 Å². The Morgan fingerprint density at radius 3 is 0.754 bits per heavy atom. The summed E-state index contributed by atoms with van der Waals surface area (Å²) in [6.45, 7) is 51.9. The lowest BCUT2D eigenvalue weighted by Crippen LogP contribution is -2.56. The van der Waals surface area contributed by atoms with Crippen LogP contribution in [0.3, 0.4) is 0 Å². The van der Waals surface area contributed by atoms with Gasteiger partial charge in [0, 0.05) is 13.1 Å². The van der Waals surface area contributed by atoms with Gasteiger partial charge >= 0.3 is 0 Å². The van der Waals surface area contributed by atoms with Gasteiger partial charge in [-0.2, -0.15) is 0 Å². The minimum atomic E-state index is -1.23. The van der Waals surface area contributed by atoms with Crippen molar-refractivity contribution in [1.82, 2.24) is 9.34 Å². The molecule has 6 nitrogen and oxygen atoms in total. The predicted molar refractivity (Wildman–Crippen MR) is 261 cm³/mol. The molecule has 0 bridgehead atoms. The Balaban J connectivity index is 1.27. The molecule has 0 spiro atoms. The van der Waals surface area contributed by atoms with Gasteiger partial charge in [0.15, 0.2) is 0 Å². The summed E-state index contributed by atoms with van der Waals surface area (Å²) in [6.07, 6.45) is 6.85. The van der Waals surface area contributed by atoms with Crippen molar-refractivity contribution >= 4 is 17.1 Å². The van der Waals surface area contributed by atoms with E-state index in [-0.39, 0.29) is 46.1 Å². The molecular weight excluding hydrogens is 791 g/mol. The zero-order valence-corrected chi connectivity index (χ0v) is 45.7. The molecular formula is C53H100N2O4P2. The molecule has 2 saturated heterocycles. The van der Waals surface area contributed by atoms with Crippen LogP contribution in [0.15, 0.2) is 0 Å². The van der Waals surface area contributed by atoms with Crippen LogP contribution in [0.2, 0.25) is 0 Å². The number of rotatable bonds is 6. The van der Waals surface area contributed by atoms with E-state index in [0.717, 1.165) is 19.5 Å². The summed E-state index contributed by atoms with van der Waals surface area (Å²) in [4.78, 5) is 0. The van der Waals surface area contributed by atoms with Gasteiger partial charge in [-0.15, -0.1) is 0 Å². The smallest absolute Gasteiger partial charge is 0.259 e. The average molecular weight is 891 g/mol. The van der Waals surface area contributed by atoms with Crippen molar-refractivity contribution < 1.29 is 18.1 Å². The molecule has 6 aliphatic rings. The second-order valence-electron chi connectivity index (χ2n) is 27.4. The van der Waals surface area contributed by atoms with Crippen LogP contribution in [0.1, 0.15) is 171 Å². The van der Waals surface area contributed by atoms with Crippen LogP contribution >= 0.6 is 17.1 Å². The molecule has 6 fully saturated rings. The van der Waals surface area contributed by atoms with Gasteiger partial charge in [-0.05, 0) is 163 Å². The topological polar surface area (TPSA) is 43.4 Å². The third-order valence-electron chi connectivity index (χ3n) is 19.3. The first kappa shape index (κ1) is 51.0. The molecule has 356 valence electrons. The molecule has 8 heteroatoms. The molecule has 0 radical (unpaired) electrons. The fourth-order valence-corrected chi connectivity index (χ4v) is 17.8. The monoisotopic (exact) mass is 891 g/mol. The quantitative estimate of drug-likeness (QED) is 0.248. The largest absolute Gasteiger partial charge is 0.318 e. The van der Waals surface area contributed by atoms with Crippen LogP contribution in [0.5, 0.6) is 0 Å². The van der Waals surface area contributed by atoms with Crippen LogP contribution in [-0.4, -0.2) is 60.9 Å². The van der Waals surface area contributed by atoms with E-state index >= 15 is 0 Å². The summed E-state index contributed by atoms with van der Waals surface area (Å²) < 4.78 is 35.5. The van der Waals surface area contributed by atoms with Crippen molar-refractivity contribution in [3.8, 4) is 0 Å². The Morgan fingerprint density at radius 1 is 0.377 bits per heavy atom. The highest BCUT2D eigenvalue weighted by atomic mass is 31.2. The summed E-state index contributed by atoms with van der Waals surface area (Å²) >= 11 is 0. The molecule has 2 aliphatic heterocycles. The van der Waals surface area contributed by atoms with Crippen molar-refractivity contribution in [2.75, 3.05) is 27.2 Å². The number of nitrogens with zero attached hydrogens (tertiary/aromatic N) is 2. The molecule has 2 heterocycles. The van der Waals surface area contributed by atoms with Crippen LogP contribution in [0.25, 0.3) is 0 Å². The third-order valence-corrected chi connectivity index (χ3v) is 22.5. The van der Waals surface area contributed by atoms with E-state index < -0.39 is 17.1 Å². The fourth-order valence-electron chi connectivity index (χ4n) is 14.5. The maximum absolute atomic E-state index is 7.61. The highest BCUT2D eigenvalue weighted by Crippen LogP contribution is 2.66. The van der Waals surface area contributed by atoms with Gasteiger partial charge in [0.2, 0.25) is 0 Å². The highest BCUT2D eigenvalue weighted by molar-refractivity contribution is 7.44. The molecule has 0 aromatic carbocycles. The molecule has 16 unspecified atom stereocenters. The van der Waals surface area contributed by atoms with Gasteiger partial charge in [-0.3, -0.25) is 0 Å². The summed E-state index contributed by atoms with van der Waals surface area (Å²) in [5, 5.41) is 0. The second kappa shape index (κ2) is 18.6. The number of hydrogen-bond donors (Lipinski definition) is 0. The zero-order valence-electron chi connectivity index (χ0n) is 43.9. The molecule has 0 N–H and O–H groups in total. The van der Waals surface area contributed by atoms with Crippen LogP contribution < -0.4 is 0 Å². The lowest BCUT2D eigenvalue weighted by Gasteiger charge is -2.56. The van der Waals surface area contributed by atoms with Crippen LogP contribution in [0, 0.1) is 116 Å². The number of fused-ring (bicyclic) bond motifs is 6. The first-order valence-electron chi connectivity index (χ1n) is 25.6. The van der Waals surface area contributed by atoms with E-state index in [1.54, 1.807) is 0 Å². The first-order chi connectivity index (χ1) is 27.9. The standard InChI is InChI=1S/C53H100N2O4P2/c1-30-26-38(50(9,10)11)46-42(34(30)5)43-35(6)31(2)27-39(51(12,13)14)47(43)57-60(56-46)54(21)24-23-25-55(22)61-58-48-40(52(15,16)17)28-32(3)36(7)44(48)45-37(8)33(4)29-41(49(45)59-61)53(18,19)20/h30-49H,23-29H2,1-22H3/t30-,31?,32-,33?,34-,35?,36-,37?,38?,39-,40?,41-,42?,43?,44?,45?,46?,47?,48?,49?,60?,61?/m1/s1. The van der Waals surface area contributed by atoms with Gasteiger partial charge in [-0.25, -0.2) is 9.34 Å². The van der Waals surface area contributed by atoms with Crippen LogP contribution in [0.4, 0.5) is 0 Å². The van der Waals surface area contributed by atoms with Gasteiger partial charge in [0.05, 0.1) is 24.4 Å². The van der Waals surface area contributed by atoms with Crippen LogP contribution in [-0.2, 0) is 18.1 Å². The summed E-state index contributed by atoms with van der Waals surface area (Å²) in [5.41, 5.74) is 0.689.